The summed E-state index contributed by atoms with van der Waals surface area (Å²) in [7, 11) is 3.38. The maximum Gasteiger partial charge on any atom is 0.317 e. The average Bonchev–Trinajstić information content (AvgIpc) is 2.61. The largest absolute Gasteiger partial charge is 0.497 e. The first-order valence-electron chi connectivity index (χ1n) is 7.49. The van der Waals surface area contributed by atoms with Gasteiger partial charge in [0, 0.05) is 13.6 Å². The van der Waals surface area contributed by atoms with E-state index in [1.165, 1.54) is 0 Å². The second-order valence-electron chi connectivity index (χ2n) is 5.09. The summed E-state index contributed by atoms with van der Waals surface area (Å²) in [5, 5.41) is 2.88. The molecule has 0 aliphatic rings. The molecule has 5 heteroatoms. The Kier molecular flexibility index (Phi) is 6.29. The maximum absolute atomic E-state index is 12.0. The van der Waals surface area contributed by atoms with E-state index in [0.29, 0.717) is 19.7 Å². The number of urea groups is 1. The van der Waals surface area contributed by atoms with Crippen molar-refractivity contribution in [3.8, 4) is 11.5 Å². The van der Waals surface area contributed by atoms with Gasteiger partial charge >= 0.3 is 6.03 Å². The maximum atomic E-state index is 12.0. The van der Waals surface area contributed by atoms with Gasteiger partial charge in [-0.2, -0.15) is 0 Å². The molecule has 0 atom stereocenters. The normalized spacial score (nSPS) is 10.0. The summed E-state index contributed by atoms with van der Waals surface area (Å²) in [5.74, 6) is 1.61. The lowest BCUT2D eigenvalue weighted by molar-refractivity contribution is 0.195. The molecule has 0 spiro atoms. The lowest BCUT2D eigenvalue weighted by Crippen LogP contribution is -2.39. The van der Waals surface area contributed by atoms with E-state index in [9.17, 15) is 4.79 Å². The van der Waals surface area contributed by atoms with Crippen LogP contribution in [0.5, 0.6) is 11.5 Å². The Morgan fingerprint density at radius 2 is 1.74 bits per heavy atom. The zero-order chi connectivity index (χ0) is 16.5. The first-order chi connectivity index (χ1) is 11.2. The van der Waals surface area contributed by atoms with Crippen LogP contribution in [0.3, 0.4) is 0 Å². The number of nitrogens with zero attached hydrogens (tertiary/aromatic N) is 1. The quantitative estimate of drug-likeness (QED) is 0.855. The van der Waals surface area contributed by atoms with Crippen LogP contribution in [-0.2, 0) is 6.54 Å². The highest BCUT2D eigenvalue weighted by Crippen LogP contribution is 2.11. The van der Waals surface area contributed by atoms with Gasteiger partial charge in [-0.15, -0.1) is 0 Å². The van der Waals surface area contributed by atoms with Crippen molar-refractivity contribution in [3.05, 3.63) is 60.2 Å². The van der Waals surface area contributed by atoms with Crippen molar-refractivity contribution in [1.29, 1.82) is 0 Å². The predicted molar refractivity (Wildman–Crippen MR) is 89.8 cm³/mol. The van der Waals surface area contributed by atoms with Gasteiger partial charge in [0.2, 0.25) is 0 Å². The number of carbonyl (C=O) groups excluding carboxylic acids is 1. The van der Waals surface area contributed by atoms with Crippen molar-refractivity contribution in [2.75, 3.05) is 27.3 Å². The van der Waals surface area contributed by atoms with Crippen LogP contribution in [0.25, 0.3) is 0 Å². The Morgan fingerprint density at radius 1 is 1.04 bits per heavy atom. The molecule has 0 heterocycles. The van der Waals surface area contributed by atoms with Crippen molar-refractivity contribution >= 4 is 6.03 Å². The number of likely N-dealkylation sites (N-methyl/N-ethyl adjacent to an activating group) is 1. The second-order valence-corrected chi connectivity index (χ2v) is 5.09. The highest BCUT2D eigenvalue weighted by molar-refractivity contribution is 5.73. The van der Waals surface area contributed by atoms with Crippen molar-refractivity contribution in [2.45, 2.75) is 6.54 Å². The lowest BCUT2D eigenvalue weighted by atomic mass is 10.2. The van der Waals surface area contributed by atoms with E-state index in [4.69, 9.17) is 9.47 Å². The standard InChI is InChI=1S/C18H22N2O3/c1-20(12-13-23-17-6-4-3-5-7-17)18(21)19-14-15-8-10-16(22-2)11-9-15/h3-11H,12-14H2,1-2H3,(H,19,21). The average molecular weight is 314 g/mol. The third-order valence-corrected chi connectivity index (χ3v) is 3.39. The zero-order valence-electron chi connectivity index (χ0n) is 13.5. The van der Waals surface area contributed by atoms with Gasteiger partial charge in [0.1, 0.15) is 18.1 Å². The van der Waals surface area contributed by atoms with Crippen molar-refractivity contribution in [2.24, 2.45) is 0 Å². The number of ether oxygens (including phenoxy) is 2. The van der Waals surface area contributed by atoms with Gasteiger partial charge in [0.05, 0.1) is 13.7 Å². The molecule has 0 saturated carbocycles. The van der Waals surface area contributed by atoms with E-state index in [2.05, 4.69) is 5.32 Å². The SMILES string of the molecule is COc1ccc(CNC(=O)N(C)CCOc2ccccc2)cc1. The van der Waals surface area contributed by atoms with Gasteiger partial charge in [-0.3, -0.25) is 0 Å². The van der Waals surface area contributed by atoms with Crippen molar-refractivity contribution < 1.29 is 14.3 Å². The number of rotatable bonds is 7. The minimum atomic E-state index is -0.127. The summed E-state index contributed by atoms with van der Waals surface area (Å²) in [6.45, 7) is 1.45. The molecule has 0 aliphatic carbocycles. The Bertz CT molecular complexity index is 599. The van der Waals surface area contributed by atoms with Gasteiger partial charge in [0.15, 0.2) is 0 Å². The second kappa shape index (κ2) is 8.68. The van der Waals surface area contributed by atoms with Crippen molar-refractivity contribution in [1.82, 2.24) is 10.2 Å². The molecule has 2 aromatic carbocycles. The molecule has 2 rings (SSSR count). The number of nitrogens with one attached hydrogen (secondary N) is 1. The number of carbonyl (C=O) groups is 1. The molecule has 23 heavy (non-hydrogen) atoms. The summed E-state index contributed by atoms with van der Waals surface area (Å²) < 4.78 is 10.7. The van der Waals surface area contributed by atoms with Crippen LogP contribution in [-0.4, -0.2) is 38.2 Å². The number of hydrogen-bond donors (Lipinski definition) is 1. The fourth-order valence-electron chi connectivity index (χ4n) is 1.97. The summed E-state index contributed by atoms with van der Waals surface area (Å²) in [4.78, 5) is 13.6. The summed E-state index contributed by atoms with van der Waals surface area (Å²) in [6, 6.07) is 17.0. The molecular weight excluding hydrogens is 292 g/mol. The van der Waals surface area contributed by atoms with E-state index < -0.39 is 0 Å². The van der Waals surface area contributed by atoms with Gasteiger partial charge in [-0.05, 0) is 29.8 Å². The smallest absolute Gasteiger partial charge is 0.317 e. The summed E-state index contributed by atoms with van der Waals surface area (Å²) >= 11 is 0. The van der Waals surface area contributed by atoms with Crippen LogP contribution in [0, 0.1) is 0 Å². The van der Waals surface area contributed by atoms with Crippen LogP contribution in [0.4, 0.5) is 4.79 Å². The minimum Gasteiger partial charge on any atom is -0.497 e. The molecule has 2 amide bonds. The molecule has 122 valence electrons. The molecule has 0 saturated heterocycles. The van der Waals surface area contributed by atoms with Gasteiger partial charge in [0.25, 0.3) is 0 Å². The molecule has 0 fully saturated rings. The molecule has 0 bridgehead atoms. The molecule has 0 aliphatic heterocycles. The first-order valence-corrected chi connectivity index (χ1v) is 7.49. The van der Waals surface area contributed by atoms with E-state index in [-0.39, 0.29) is 6.03 Å². The highest BCUT2D eigenvalue weighted by atomic mass is 16.5. The highest BCUT2D eigenvalue weighted by Gasteiger charge is 2.08. The third kappa shape index (κ3) is 5.54. The Morgan fingerprint density at radius 3 is 2.39 bits per heavy atom. The Labute approximate surface area is 136 Å². The molecule has 0 aromatic heterocycles. The number of amides is 2. The van der Waals surface area contributed by atoms with E-state index in [0.717, 1.165) is 17.1 Å². The predicted octanol–water partition coefficient (Wildman–Crippen LogP) is 2.92. The van der Waals surface area contributed by atoms with Crippen LogP contribution >= 0.6 is 0 Å². The van der Waals surface area contributed by atoms with E-state index >= 15 is 0 Å². The van der Waals surface area contributed by atoms with E-state index in [1.54, 1.807) is 19.1 Å². The van der Waals surface area contributed by atoms with Crippen molar-refractivity contribution in [3.63, 3.8) is 0 Å². The number of para-hydroxylation sites is 1. The van der Waals surface area contributed by atoms with Crippen LogP contribution in [0.15, 0.2) is 54.6 Å². The first kappa shape index (κ1) is 16.7. The summed E-state index contributed by atoms with van der Waals surface area (Å²) in [6.07, 6.45) is 0. The number of benzene rings is 2. The monoisotopic (exact) mass is 314 g/mol. The summed E-state index contributed by atoms with van der Waals surface area (Å²) in [5.41, 5.74) is 1.02. The fourth-order valence-corrected chi connectivity index (χ4v) is 1.97. The Balaban J connectivity index is 1.69. The molecule has 0 unspecified atom stereocenters. The number of hydrogen-bond acceptors (Lipinski definition) is 3. The Hall–Kier alpha value is -2.69. The van der Waals surface area contributed by atoms with Gasteiger partial charge in [-0.1, -0.05) is 30.3 Å². The van der Waals surface area contributed by atoms with Gasteiger partial charge in [-0.25, -0.2) is 4.79 Å². The molecule has 2 aromatic rings. The molecular formula is C18H22N2O3. The number of methoxy groups -OCH3 is 1. The van der Waals surface area contributed by atoms with Crippen LogP contribution in [0.2, 0.25) is 0 Å². The lowest BCUT2D eigenvalue weighted by Gasteiger charge is -2.18. The van der Waals surface area contributed by atoms with Crippen LogP contribution < -0.4 is 14.8 Å². The molecule has 5 nitrogen and oxygen atoms in total. The topological polar surface area (TPSA) is 50.8 Å². The third-order valence-electron chi connectivity index (χ3n) is 3.39. The van der Waals surface area contributed by atoms with Gasteiger partial charge < -0.3 is 19.7 Å². The zero-order valence-corrected chi connectivity index (χ0v) is 13.5. The fraction of sp³-hybridized carbons (Fsp3) is 0.278. The molecule has 1 N–H and O–H groups in total. The molecule has 0 radical (unpaired) electrons. The minimum absolute atomic E-state index is 0.127. The van der Waals surface area contributed by atoms with Crippen LogP contribution in [0.1, 0.15) is 5.56 Å². The van der Waals surface area contributed by atoms with E-state index in [1.807, 2.05) is 54.6 Å².